The lowest BCUT2D eigenvalue weighted by molar-refractivity contribution is 0.764. The molecule has 0 saturated carbocycles. The highest BCUT2D eigenvalue weighted by Gasteiger charge is 2.17. The highest BCUT2D eigenvalue weighted by Crippen LogP contribution is 2.26. The fourth-order valence-corrected chi connectivity index (χ4v) is 2.51. The van der Waals surface area contributed by atoms with E-state index < -0.39 is 0 Å². The Morgan fingerprint density at radius 2 is 2.24 bits per heavy atom. The van der Waals surface area contributed by atoms with Crippen LogP contribution in [0.4, 0.5) is 0 Å². The van der Waals surface area contributed by atoms with Gasteiger partial charge in [0.25, 0.3) is 0 Å². The summed E-state index contributed by atoms with van der Waals surface area (Å²) in [6.07, 6.45) is 1.25. The number of nitrogens with zero attached hydrogens (tertiary/aromatic N) is 1. The molecule has 1 unspecified atom stereocenters. The molecule has 1 aromatic heterocycles. The van der Waals surface area contributed by atoms with Crippen molar-refractivity contribution in [2.45, 2.75) is 32.1 Å². The van der Waals surface area contributed by atoms with Crippen LogP contribution in [0.1, 0.15) is 43.5 Å². The van der Waals surface area contributed by atoms with Crippen LogP contribution in [-0.4, -0.2) is 23.1 Å². The molecule has 0 bridgehead atoms. The summed E-state index contributed by atoms with van der Waals surface area (Å²) in [4.78, 5) is 8.04. The van der Waals surface area contributed by atoms with Crippen molar-refractivity contribution in [3.05, 3.63) is 29.6 Å². The fourth-order valence-electron chi connectivity index (χ4n) is 2.51. The van der Waals surface area contributed by atoms with E-state index in [-0.39, 0.29) is 0 Å². The molecule has 0 amide bonds. The van der Waals surface area contributed by atoms with Crippen LogP contribution in [0.15, 0.2) is 18.2 Å². The number of H-pyrrole nitrogens is 1. The maximum absolute atomic E-state index is 4.61. The van der Waals surface area contributed by atoms with Crippen molar-refractivity contribution in [2.24, 2.45) is 0 Å². The molecule has 0 aliphatic carbocycles. The lowest BCUT2D eigenvalue weighted by atomic mass is 9.98. The van der Waals surface area contributed by atoms with Crippen LogP contribution in [0.3, 0.4) is 0 Å². The third-order valence-corrected chi connectivity index (χ3v) is 3.60. The fraction of sp³-hybridized carbons (Fsp3) is 0.500. The summed E-state index contributed by atoms with van der Waals surface area (Å²) in [5.41, 5.74) is 3.70. The molecular weight excluding hydrogens is 210 g/mol. The van der Waals surface area contributed by atoms with E-state index in [1.54, 1.807) is 0 Å². The van der Waals surface area contributed by atoms with E-state index in [1.807, 2.05) is 0 Å². The maximum Gasteiger partial charge on any atom is 0.109 e. The summed E-state index contributed by atoms with van der Waals surface area (Å²) in [7, 11) is 0. The van der Waals surface area contributed by atoms with E-state index >= 15 is 0 Å². The summed E-state index contributed by atoms with van der Waals surface area (Å²) in [6, 6.07) is 6.64. The van der Waals surface area contributed by atoms with Crippen LogP contribution in [0.5, 0.6) is 0 Å². The van der Waals surface area contributed by atoms with Gasteiger partial charge in [-0.2, -0.15) is 0 Å². The van der Waals surface area contributed by atoms with E-state index in [1.165, 1.54) is 17.5 Å². The molecular formula is C14H19N3. The number of benzene rings is 1. The average molecular weight is 229 g/mol. The maximum atomic E-state index is 4.61. The highest BCUT2D eigenvalue weighted by atomic mass is 14.9. The molecule has 1 aromatic carbocycles. The van der Waals surface area contributed by atoms with Crippen molar-refractivity contribution < 1.29 is 0 Å². The predicted octanol–water partition coefficient (Wildman–Crippen LogP) is 2.76. The molecule has 3 nitrogen and oxygen atoms in total. The van der Waals surface area contributed by atoms with E-state index in [4.69, 9.17) is 0 Å². The van der Waals surface area contributed by atoms with Gasteiger partial charge in [-0.1, -0.05) is 19.9 Å². The van der Waals surface area contributed by atoms with Crippen molar-refractivity contribution in [1.29, 1.82) is 0 Å². The first-order valence-electron chi connectivity index (χ1n) is 6.44. The first-order chi connectivity index (χ1) is 8.24. The van der Waals surface area contributed by atoms with Gasteiger partial charge in [-0.05, 0) is 36.6 Å². The Kier molecular flexibility index (Phi) is 2.63. The second-order valence-electron chi connectivity index (χ2n) is 5.24. The third-order valence-electron chi connectivity index (χ3n) is 3.60. The van der Waals surface area contributed by atoms with Crippen molar-refractivity contribution in [1.82, 2.24) is 15.3 Å². The SMILES string of the molecule is CC(C)c1nc2ccc(C3CCNC3)cc2[nH]1. The second-order valence-corrected chi connectivity index (χ2v) is 5.24. The molecule has 2 heterocycles. The molecule has 1 saturated heterocycles. The largest absolute Gasteiger partial charge is 0.342 e. The summed E-state index contributed by atoms with van der Waals surface area (Å²) in [6.45, 7) is 6.58. The van der Waals surface area contributed by atoms with E-state index in [9.17, 15) is 0 Å². The summed E-state index contributed by atoms with van der Waals surface area (Å²) in [5, 5.41) is 3.42. The van der Waals surface area contributed by atoms with Gasteiger partial charge in [0, 0.05) is 12.5 Å². The highest BCUT2D eigenvalue weighted by molar-refractivity contribution is 5.76. The summed E-state index contributed by atoms with van der Waals surface area (Å²) < 4.78 is 0. The van der Waals surface area contributed by atoms with Gasteiger partial charge in [-0.25, -0.2) is 4.98 Å². The monoisotopic (exact) mass is 229 g/mol. The topological polar surface area (TPSA) is 40.7 Å². The molecule has 3 heteroatoms. The zero-order chi connectivity index (χ0) is 11.8. The molecule has 17 heavy (non-hydrogen) atoms. The van der Waals surface area contributed by atoms with Gasteiger partial charge in [-0.15, -0.1) is 0 Å². The predicted molar refractivity (Wildman–Crippen MR) is 70.4 cm³/mol. The quantitative estimate of drug-likeness (QED) is 0.831. The normalized spacial score (nSPS) is 20.5. The standard InChI is InChI=1S/C14H19N3/c1-9(2)14-16-12-4-3-10(7-13(12)17-14)11-5-6-15-8-11/h3-4,7,9,11,15H,5-6,8H2,1-2H3,(H,16,17). The Labute approximate surface area is 102 Å². The number of aromatic amines is 1. The molecule has 0 radical (unpaired) electrons. The Hall–Kier alpha value is -1.35. The molecule has 1 aliphatic rings. The Morgan fingerprint density at radius 1 is 1.35 bits per heavy atom. The minimum Gasteiger partial charge on any atom is -0.342 e. The minimum absolute atomic E-state index is 0.457. The van der Waals surface area contributed by atoms with Gasteiger partial charge in [0.2, 0.25) is 0 Å². The van der Waals surface area contributed by atoms with Crippen LogP contribution >= 0.6 is 0 Å². The first kappa shape index (κ1) is 10.8. The van der Waals surface area contributed by atoms with Crippen molar-refractivity contribution in [2.75, 3.05) is 13.1 Å². The van der Waals surface area contributed by atoms with Crippen LogP contribution < -0.4 is 5.32 Å². The zero-order valence-corrected chi connectivity index (χ0v) is 10.5. The number of fused-ring (bicyclic) bond motifs is 1. The second kappa shape index (κ2) is 4.15. The Balaban J connectivity index is 2.00. The van der Waals surface area contributed by atoms with Gasteiger partial charge < -0.3 is 10.3 Å². The molecule has 3 rings (SSSR count). The van der Waals surface area contributed by atoms with Crippen LogP contribution in [0, 0.1) is 0 Å². The molecule has 0 spiro atoms. The smallest absolute Gasteiger partial charge is 0.109 e. The van der Waals surface area contributed by atoms with Gasteiger partial charge in [-0.3, -0.25) is 0 Å². The number of hydrogen-bond acceptors (Lipinski definition) is 2. The molecule has 90 valence electrons. The van der Waals surface area contributed by atoms with E-state index in [0.29, 0.717) is 11.8 Å². The number of nitrogens with one attached hydrogen (secondary N) is 2. The molecule has 2 N–H and O–H groups in total. The molecule has 1 atom stereocenters. The summed E-state index contributed by atoms with van der Waals surface area (Å²) in [5.74, 6) is 2.21. The van der Waals surface area contributed by atoms with Gasteiger partial charge in [0.05, 0.1) is 11.0 Å². The number of aromatic nitrogens is 2. The van der Waals surface area contributed by atoms with E-state index in [2.05, 4.69) is 47.3 Å². The minimum atomic E-state index is 0.457. The molecule has 1 aliphatic heterocycles. The number of imidazole rings is 1. The number of hydrogen-bond donors (Lipinski definition) is 2. The van der Waals surface area contributed by atoms with Crippen molar-refractivity contribution in [3.63, 3.8) is 0 Å². The van der Waals surface area contributed by atoms with Crippen LogP contribution in [0.25, 0.3) is 11.0 Å². The first-order valence-corrected chi connectivity index (χ1v) is 6.44. The molecule has 2 aromatic rings. The third kappa shape index (κ3) is 1.95. The van der Waals surface area contributed by atoms with Crippen molar-refractivity contribution in [3.8, 4) is 0 Å². The lowest BCUT2D eigenvalue weighted by Gasteiger charge is -2.07. The number of rotatable bonds is 2. The molecule has 1 fully saturated rings. The Morgan fingerprint density at radius 3 is 2.94 bits per heavy atom. The summed E-state index contributed by atoms with van der Waals surface area (Å²) >= 11 is 0. The average Bonchev–Trinajstić information content (AvgIpc) is 2.97. The Bertz CT molecular complexity index is 521. The lowest BCUT2D eigenvalue weighted by Crippen LogP contribution is -2.07. The van der Waals surface area contributed by atoms with Gasteiger partial charge in [0.15, 0.2) is 0 Å². The van der Waals surface area contributed by atoms with Gasteiger partial charge in [0.1, 0.15) is 5.82 Å². The van der Waals surface area contributed by atoms with Crippen LogP contribution in [0.2, 0.25) is 0 Å². The zero-order valence-electron chi connectivity index (χ0n) is 10.5. The van der Waals surface area contributed by atoms with Gasteiger partial charge >= 0.3 is 0 Å². The van der Waals surface area contributed by atoms with Crippen molar-refractivity contribution >= 4 is 11.0 Å². The van der Waals surface area contributed by atoms with E-state index in [0.717, 1.165) is 24.4 Å². The van der Waals surface area contributed by atoms with Crippen LogP contribution in [-0.2, 0) is 0 Å².